The van der Waals surface area contributed by atoms with Crippen LogP contribution in [-0.4, -0.2) is 11.9 Å². The van der Waals surface area contributed by atoms with Gasteiger partial charge in [-0.05, 0) is 40.9 Å². The van der Waals surface area contributed by atoms with E-state index in [4.69, 9.17) is 5.73 Å². The first-order chi connectivity index (χ1) is 7.68. The Hall–Kier alpha value is -1.03. The monoisotopic (exact) mass is 282 g/mol. The Bertz CT molecular complexity index is 400. The van der Waals surface area contributed by atoms with Gasteiger partial charge in [0.1, 0.15) is 0 Å². The largest absolute Gasteiger partial charge is 0.398 e. The lowest BCUT2D eigenvalue weighted by molar-refractivity contribution is 0.0937. The zero-order chi connectivity index (χ0) is 11.5. The number of anilines is 1. The van der Waals surface area contributed by atoms with Gasteiger partial charge in [-0.25, -0.2) is 0 Å². The number of nitrogen functional groups attached to an aromatic ring is 1. The molecule has 86 valence electrons. The minimum absolute atomic E-state index is 0.0360. The number of nitrogens with two attached hydrogens (primary N) is 1. The third-order valence-electron chi connectivity index (χ3n) is 2.96. The van der Waals surface area contributed by atoms with Crippen LogP contribution >= 0.6 is 15.9 Å². The highest BCUT2D eigenvalue weighted by atomic mass is 79.9. The number of hydrogen-bond donors (Lipinski definition) is 2. The van der Waals surface area contributed by atoms with Crippen LogP contribution in [-0.2, 0) is 0 Å². The second-order valence-electron chi connectivity index (χ2n) is 4.16. The SMILES string of the molecule is Nc1cccc(C(=O)NC2CCCC2)c1Br. The fourth-order valence-electron chi connectivity index (χ4n) is 2.06. The van der Waals surface area contributed by atoms with Crippen LogP contribution in [0.3, 0.4) is 0 Å². The van der Waals surface area contributed by atoms with Crippen molar-refractivity contribution in [2.45, 2.75) is 31.7 Å². The topological polar surface area (TPSA) is 55.1 Å². The van der Waals surface area contributed by atoms with E-state index in [1.54, 1.807) is 18.2 Å². The predicted molar refractivity (Wildman–Crippen MR) is 68.3 cm³/mol. The maximum Gasteiger partial charge on any atom is 0.252 e. The number of amides is 1. The van der Waals surface area contributed by atoms with Gasteiger partial charge in [0.05, 0.1) is 10.0 Å². The summed E-state index contributed by atoms with van der Waals surface area (Å²) >= 11 is 3.34. The highest BCUT2D eigenvalue weighted by Crippen LogP contribution is 2.24. The molecule has 2 rings (SSSR count). The van der Waals surface area contributed by atoms with E-state index in [0.717, 1.165) is 12.8 Å². The molecule has 0 bridgehead atoms. The van der Waals surface area contributed by atoms with Gasteiger partial charge in [0.2, 0.25) is 0 Å². The van der Waals surface area contributed by atoms with Crippen molar-refractivity contribution in [3.8, 4) is 0 Å². The molecular formula is C12H15BrN2O. The van der Waals surface area contributed by atoms with E-state index < -0.39 is 0 Å². The Labute approximate surface area is 104 Å². The highest BCUT2D eigenvalue weighted by molar-refractivity contribution is 9.10. The summed E-state index contributed by atoms with van der Waals surface area (Å²) < 4.78 is 0.686. The number of halogens is 1. The minimum atomic E-state index is -0.0360. The Balaban J connectivity index is 2.11. The van der Waals surface area contributed by atoms with Crippen molar-refractivity contribution in [2.24, 2.45) is 0 Å². The minimum Gasteiger partial charge on any atom is -0.398 e. The molecule has 1 aliphatic carbocycles. The van der Waals surface area contributed by atoms with Gasteiger partial charge in [-0.1, -0.05) is 18.9 Å². The number of benzene rings is 1. The molecule has 0 spiro atoms. The summed E-state index contributed by atoms with van der Waals surface area (Å²) in [5, 5.41) is 3.04. The first-order valence-electron chi connectivity index (χ1n) is 5.53. The summed E-state index contributed by atoms with van der Waals surface area (Å²) in [5.41, 5.74) is 6.95. The normalized spacial score (nSPS) is 16.3. The van der Waals surface area contributed by atoms with Crippen molar-refractivity contribution in [3.05, 3.63) is 28.2 Å². The maximum atomic E-state index is 12.0. The highest BCUT2D eigenvalue weighted by Gasteiger charge is 2.19. The molecule has 3 N–H and O–H groups in total. The lowest BCUT2D eigenvalue weighted by Gasteiger charge is -2.13. The molecule has 1 amide bonds. The van der Waals surface area contributed by atoms with Crippen LogP contribution < -0.4 is 11.1 Å². The summed E-state index contributed by atoms with van der Waals surface area (Å²) in [6, 6.07) is 5.69. The zero-order valence-corrected chi connectivity index (χ0v) is 10.6. The van der Waals surface area contributed by atoms with Gasteiger partial charge in [0.25, 0.3) is 5.91 Å². The Kier molecular flexibility index (Phi) is 3.49. The van der Waals surface area contributed by atoms with Crippen molar-refractivity contribution in [1.29, 1.82) is 0 Å². The second kappa shape index (κ2) is 4.87. The summed E-state index contributed by atoms with van der Waals surface area (Å²) in [6.45, 7) is 0. The van der Waals surface area contributed by atoms with Gasteiger partial charge in [-0.2, -0.15) is 0 Å². The Morgan fingerprint density at radius 1 is 1.38 bits per heavy atom. The van der Waals surface area contributed by atoms with Crippen LogP contribution in [0.15, 0.2) is 22.7 Å². The van der Waals surface area contributed by atoms with E-state index in [1.807, 2.05) is 0 Å². The van der Waals surface area contributed by atoms with Crippen LogP contribution in [0.5, 0.6) is 0 Å². The number of rotatable bonds is 2. The first kappa shape index (κ1) is 11.5. The van der Waals surface area contributed by atoms with Gasteiger partial charge < -0.3 is 11.1 Å². The third kappa shape index (κ3) is 2.38. The molecular weight excluding hydrogens is 268 g/mol. The van der Waals surface area contributed by atoms with Crippen LogP contribution in [0.4, 0.5) is 5.69 Å². The molecule has 0 radical (unpaired) electrons. The van der Waals surface area contributed by atoms with Crippen molar-refractivity contribution < 1.29 is 4.79 Å². The molecule has 0 atom stereocenters. The van der Waals surface area contributed by atoms with Gasteiger partial charge in [-0.3, -0.25) is 4.79 Å². The molecule has 0 unspecified atom stereocenters. The smallest absolute Gasteiger partial charge is 0.252 e. The van der Waals surface area contributed by atoms with Crippen LogP contribution in [0.1, 0.15) is 36.0 Å². The summed E-state index contributed by atoms with van der Waals surface area (Å²) in [6.07, 6.45) is 4.60. The first-order valence-corrected chi connectivity index (χ1v) is 6.32. The Morgan fingerprint density at radius 3 is 2.75 bits per heavy atom. The number of hydrogen-bond acceptors (Lipinski definition) is 2. The van der Waals surface area contributed by atoms with E-state index in [2.05, 4.69) is 21.2 Å². The molecule has 1 aromatic rings. The van der Waals surface area contributed by atoms with Gasteiger partial charge >= 0.3 is 0 Å². The summed E-state index contributed by atoms with van der Waals surface area (Å²) in [5.74, 6) is -0.0360. The van der Waals surface area contributed by atoms with Crippen LogP contribution in [0.25, 0.3) is 0 Å². The fraction of sp³-hybridized carbons (Fsp3) is 0.417. The number of carbonyl (C=O) groups is 1. The van der Waals surface area contributed by atoms with E-state index in [0.29, 0.717) is 21.8 Å². The summed E-state index contributed by atoms with van der Waals surface area (Å²) in [4.78, 5) is 12.0. The van der Waals surface area contributed by atoms with Gasteiger partial charge in [0.15, 0.2) is 0 Å². The molecule has 0 aromatic heterocycles. The molecule has 1 saturated carbocycles. The fourth-order valence-corrected chi connectivity index (χ4v) is 2.50. The van der Waals surface area contributed by atoms with Crippen molar-refractivity contribution in [1.82, 2.24) is 5.32 Å². The summed E-state index contributed by atoms with van der Waals surface area (Å²) in [7, 11) is 0. The molecule has 1 fully saturated rings. The van der Waals surface area contributed by atoms with Crippen molar-refractivity contribution in [3.63, 3.8) is 0 Å². The van der Waals surface area contributed by atoms with E-state index in [1.165, 1.54) is 12.8 Å². The Morgan fingerprint density at radius 2 is 2.06 bits per heavy atom. The molecule has 0 saturated heterocycles. The zero-order valence-electron chi connectivity index (χ0n) is 9.00. The lowest BCUT2D eigenvalue weighted by atomic mass is 10.1. The molecule has 4 heteroatoms. The van der Waals surface area contributed by atoms with Crippen LogP contribution in [0, 0.1) is 0 Å². The van der Waals surface area contributed by atoms with Crippen molar-refractivity contribution >= 4 is 27.5 Å². The van der Waals surface area contributed by atoms with Crippen molar-refractivity contribution in [2.75, 3.05) is 5.73 Å². The molecule has 3 nitrogen and oxygen atoms in total. The standard InChI is InChI=1S/C12H15BrN2O/c13-11-9(6-3-7-10(11)14)12(16)15-8-4-1-2-5-8/h3,6-8H,1-2,4-5,14H2,(H,15,16). The molecule has 0 heterocycles. The number of nitrogens with one attached hydrogen (secondary N) is 1. The van der Waals surface area contributed by atoms with Crippen LogP contribution in [0.2, 0.25) is 0 Å². The predicted octanol–water partition coefficient (Wildman–Crippen LogP) is 2.70. The third-order valence-corrected chi connectivity index (χ3v) is 3.85. The molecule has 0 aliphatic heterocycles. The average molecular weight is 283 g/mol. The quantitative estimate of drug-likeness (QED) is 0.820. The maximum absolute atomic E-state index is 12.0. The van der Waals surface area contributed by atoms with Gasteiger partial charge in [0, 0.05) is 11.7 Å². The lowest BCUT2D eigenvalue weighted by Crippen LogP contribution is -2.32. The molecule has 1 aliphatic rings. The average Bonchev–Trinajstić information content (AvgIpc) is 2.74. The van der Waals surface area contributed by atoms with Gasteiger partial charge in [-0.15, -0.1) is 0 Å². The van der Waals surface area contributed by atoms with E-state index in [9.17, 15) is 4.79 Å². The second-order valence-corrected chi connectivity index (χ2v) is 4.96. The van der Waals surface area contributed by atoms with E-state index >= 15 is 0 Å². The molecule has 1 aromatic carbocycles. The molecule has 16 heavy (non-hydrogen) atoms. The number of carbonyl (C=O) groups excluding carboxylic acids is 1. The van der Waals surface area contributed by atoms with E-state index in [-0.39, 0.29) is 5.91 Å².